The first-order valence-corrected chi connectivity index (χ1v) is 9.20. The fraction of sp³-hybridized carbons (Fsp3) is 0.476. The van der Waals surface area contributed by atoms with Crippen molar-refractivity contribution in [3.63, 3.8) is 0 Å². The number of methoxy groups -OCH3 is 1. The number of ether oxygens (including phenoxy) is 1. The lowest BCUT2D eigenvalue weighted by atomic mass is 9.59. The van der Waals surface area contributed by atoms with E-state index in [0.29, 0.717) is 6.42 Å². The number of ketones is 1. The Labute approximate surface area is 154 Å². The van der Waals surface area contributed by atoms with Gasteiger partial charge in [-0.15, -0.1) is 0 Å². The maximum atomic E-state index is 13.3. The topological polar surface area (TPSA) is 63.1 Å². The summed E-state index contributed by atoms with van der Waals surface area (Å²) in [7, 11) is 1.67. The quantitative estimate of drug-likeness (QED) is 0.885. The Morgan fingerprint density at radius 3 is 2.85 bits per heavy atom. The highest BCUT2D eigenvalue weighted by Gasteiger charge is 2.52. The smallest absolute Gasteiger partial charge is 0.164 e. The Kier molecular flexibility index (Phi) is 3.79. The molecule has 0 fully saturated rings. The molecule has 1 aromatic carbocycles. The second-order valence-electron chi connectivity index (χ2n) is 8.15. The SMILES string of the molecule is CCC1(c2cccc(OC)c2)C2=CN=NC2NC2=C1C(=O)CC(C)(C)C2. The average Bonchev–Trinajstić information content (AvgIpc) is 3.07. The third-order valence-corrected chi connectivity index (χ3v) is 5.87. The van der Waals surface area contributed by atoms with Gasteiger partial charge in [0.05, 0.1) is 18.7 Å². The molecular weight excluding hydrogens is 326 g/mol. The van der Waals surface area contributed by atoms with Gasteiger partial charge < -0.3 is 10.1 Å². The van der Waals surface area contributed by atoms with E-state index in [1.807, 2.05) is 24.4 Å². The van der Waals surface area contributed by atoms with E-state index in [4.69, 9.17) is 4.74 Å². The van der Waals surface area contributed by atoms with Gasteiger partial charge in [-0.05, 0) is 36.0 Å². The number of hydrogen-bond donors (Lipinski definition) is 1. The summed E-state index contributed by atoms with van der Waals surface area (Å²) >= 11 is 0. The fourth-order valence-corrected chi connectivity index (χ4v) is 4.78. The summed E-state index contributed by atoms with van der Waals surface area (Å²) in [6.45, 7) is 6.44. The molecule has 4 rings (SSSR count). The van der Waals surface area contributed by atoms with Gasteiger partial charge in [0, 0.05) is 23.3 Å². The lowest BCUT2D eigenvalue weighted by molar-refractivity contribution is -0.119. The van der Waals surface area contributed by atoms with Gasteiger partial charge in [-0.3, -0.25) is 4.79 Å². The highest BCUT2D eigenvalue weighted by molar-refractivity contribution is 6.01. The molecule has 2 atom stereocenters. The Morgan fingerprint density at radius 2 is 2.12 bits per heavy atom. The van der Waals surface area contributed by atoms with Crippen molar-refractivity contribution in [1.29, 1.82) is 0 Å². The number of nitrogens with zero attached hydrogens (tertiary/aromatic N) is 2. The van der Waals surface area contributed by atoms with E-state index in [2.05, 4.69) is 42.4 Å². The van der Waals surface area contributed by atoms with Crippen molar-refractivity contribution >= 4 is 5.78 Å². The zero-order valence-electron chi connectivity index (χ0n) is 15.8. The first-order chi connectivity index (χ1) is 12.4. The number of azo groups is 1. The number of Topliss-reactive ketones (excluding diaryl/α,β-unsaturated/α-hetero) is 1. The van der Waals surface area contributed by atoms with Crippen LogP contribution in [-0.2, 0) is 10.2 Å². The van der Waals surface area contributed by atoms with Gasteiger partial charge in [-0.25, -0.2) is 0 Å². The number of rotatable bonds is 3. The number of nitrogens with one attached hydrogen (secondary N) is 1. The van der Waals surface area contributed by atoms with Crippen LogP contribution in [0.1, 0.15) is 45.6 Å². The van der Waals surface area contributed by atoms with Gasteiger partial charge in [-0.1, -0.05) is 32.9 Å². The molecule has 3 aliphatic rings. The molecule has 2 aliphatic heterocycles. The van der Waals surface area contributed by atoms with Crippen molar-refractivity contribution in [2.45, 2.75) is 51.6 Å². The molecular formula is C21H25N3O2. The highest BCUT2D eigenvalue weighted by atomic mass is 16.5. The van der Waals surface area contributed by atoms with E-state index in [1.54, 1.807) is 7.11 Å². The number of benzene rings is 1. The Bertz CT molecular complexity index is 866. The number of fused-ring (bicyclic) bond motifs is 1. The molecule has 0 aromatic heterocycles. The lowest BCUT2D eigenvalue weighted by Crippen LogP contribution is -2.51. The summed E-state index contributed by atoms with van der Waals surface area (Å²) in [6, 6.07) is 8.06. The van der Waals surface area contributed by atoms with Crippen molar-refractivity contribution in [3.8, 4) is 5.75 Å². The number of allylic oxidation sites excluding steroid dienone is 2. The minimum absolute atomic E-state index is 0.0479. The fourth-order valence-electron chi connectivity index (χ4n) is 4.78. The van der Waals surface area contributed by atoms with Crippen LogP contribution in [0.4, 0.5) is 0 Å². The maximum Gasteiger partial charge on any atom is 0.164 e. The zero-order chi connectivity index (χ0) is 18.5. The summed E-state index contributed by atoms with van der Waals surface area (Å²) in [4.78, 5) is 13.3. The highest BCUT2D eigenvalue weighted by Crippen LogP contribution is 2.53. The molecule has 5 nitrogen and oxygen atoms in total. The van der Waals surface area contributed by atoms with Gasteiger partial charge in [-0.2, -0.15) is 10.2 Å². The van der Waals surface area contributed by atoms with Gasteiger partial charge in [0.25, 0.3) is 0 Å². The molecule has 2 heterocycles. The Balaban J connectivity index is 1.99. The first-order valence-electron chi connectivity index (χ1n) is 9.20. The molecule has 5 heteroatoms. The summed E-state index contributed by atoms with van der Waals surface area (Å²) in [5.41, 5.74) is 3.50. The van der Waals surface area contributed by atoms with Gasteiger partial charge in [0.2, 0.25) is 0 Å². The molecule has 0 bridgehead atoms. The largest absolute Gasteiger partial charge is 0.497 e. The standard InChI is InChI=1S/C21H25N3O2/c1-5-21(13-7-6-8-14(9-13)26-4)15-12-22-24-19(15)23-16-10-20(2,3)11-17(25)18(16)21/h6-9,12,19,23H,5,10-11H2,1-4H3. The van der Waals surface area contributed by atoms with E-state index >= 15 is 0 Å². The van der Waals surface area contributed by atoms with Crippen molar-refractivity contribution in [2.24, 2.45) is 15.6 Å². The molecule has 26 heavy (non-hydrogen) atoms. The zero-order valence-corrected chi connectivity index (χ0v) is 15.8. The molecule has 136 valence electrons. The van der Waals surface area contributed by atoms with Crippen LogP contribution in [0.2, 0.25) is 0 Å². The van der Waals surface area contributed by atoms with E-state index in [1.165, 1.54) is 0 Å². The second kappa shape index (κ2) is 5.79. The predicted molar refractivity (Wildman–Crippen MR) is 99.9 cm³/mol. The predicted octanol–water partition coefficient (Wildman–Crippen LogP) is 4.27. The molecule has 1 N–H and O–H groups in total. The normalized spacial score (nSPS) is 29.0. The number of hydrogen-bond acceptors (Lipinski definition) is 5. The van der Waals surface area contributed by atoms with Crippen molar-refractivity contribution < 1.29 is 9.53 Å². The van der Waals surface area contributed by atoms with E-state index in [0.717, 1.165) is 41.0 Å². The molecule has 0 saturated heterocycles. The minimum Gasteiger partial charge on any atom is -0.497 e. The molecule has 1 aromatic rings. The average molecular weight is 351 g/mol. The van der Waals surface area contributed by atoms with Crippen LogP contribution in [0.25, 0.3) is 0 Å². The Hall–Kier alpha value is -2.43. The third kappa shape index (κ3) is 2.33. The molecule has 0 saturated carbocycles. The molecule has 1 aliphatic carbocycles. The number of carbonyl (C=O) groups is 1. The van der Waals surface area contributed by atoms with Crippen LogP contribution in [0.15, 0.2) is 57.5 Å². The van der Waals surface area contributed by atoms with Crippen LogP contribution < -0.4 is 10.1 Å². The van der Waals surface area contributed by atoms with Crippen molar-refractivity contribution in [3.05, 3.63) is 52.9 Å². The lowest BCUT2D eigenvalue weighted by Gasteiger charge is -2.47. The molecule has 2 unspecified atom stereocenters. The van der Waals surface area contributed by atoms with E-state index in [9.17, 15) is 4.79 Å². The minimum atomic E-state index is -0.503. The van der Waals surface area contributed by atoms with Gasteiger partial charge >= 0.3 is 0 Å². The van der Waals surface area contributed by atoms with Crippen molar-refractivity contribution in [2.75, 3.05) is 7.11 Å². The molecule has 0 radical (unpaired) electrons. The van der Waals surface area contributed by atoms with E-state index < -0.39 is 5.41 Å². The van der Waals surface area contributed by atoms with Crippen LogP contribution >= 0.6 is 0 Å². The number of carbonyl (C=O) groups excluding carboxylic acids is 1. The van der Waals surface area contributed by atoms with Crippen molar-refractivity contribution in [1.82, 2.24) is 5.32 Å². The first kappa shape index (κ1) is 17.0. The van der Waals surface area contributed by atoms with Crippen LogP contribution in [0, 0.1) is 5.41 Å². The van der Waals surface area contributed by atoms with Gasteiger partial charge in [0.1, 0.15) is 5.75 Å². The summed E-state index contributed by atoms with van der Waals surface area (Å²) in [5.74, 6) is 1.02. The van der Waals surface area contributed by atoms with Gasteiger partial charge in [0.15, 0.2) is 11.9 Å². The summed E-state index contributed by atoms with van der Waals surface area (Å²) in [5, 5.41) is 12.1. The monoisotopic (exact) mass is 351 g/mol. The molecule has 0 spiro atoms. The second-order valence-corrected chi connectivity index (χ2v) is 8.15. The summed E-state index contributed by atoms with van der Waals surface area (Å²) in [6.07, 6.45) is 3.82. The molecule has 0 amide bonds. The van der Waals surface area contributed by atoms with Crippen LogP contribution in [0.5, 0.6) is 5.75 Å². The Morgan fingerprint density at radius 1 is 1.31 bits per heavy atom. The summed E-state index contributed by atoms with van der Waals surface area (Å²) < 4.78 is 5.46. The van der Waals surface area contributed by atoms with E-state index in [-0.39, 0.29) is 17.4 Å². The van der Waals surface area contributed by atoms with Crippen LogP contribution in [-0.4, -0.2) is 19.1 Å². The maximum absolute atomic E-state index is 13.3. The van der Waals surface area contributed by atoms with Crippen LogP contribution in [0.3, 0.4) is 0 Å². The third-order valence-electron chi connectivity index (χ3n) is 5.87.